The molecule has 144 valence electrons. The number of anilines is 2. The minimum atomic E-state index is -0.540. The molecule has 1 aliphatic rings. The van der Waals surface area contributed by atoms with Crippen molar-refractivity contribution in [3.05, 3.63) is 33.3 Å². The lowest BCUT2D eigenvalue weighted by Gasteiger charge is -2.21. The third-order valence-electron chi connectivity index (χ3n) is 4.10. The third-order valence-corrected chi connectivity index (χ3v) is 6.40. The van der Waals surface area contributed by atoms with Crippen molar-refractivity contribution in [1.29, 1.82) is 0 Å². The van der Waals surface area contributed by atoms with Gasteiger partial charge in [0.2, 0.25) is 11.0 Å². The average molecular weight is 428 g/mol. The maximum atomic E-state index is 12.1. The molecule has 2 N–H and O–H groups in total. The maximum absolute atomic E-state index is 12.1. The van der Waals surface area contributed by atoms with Gasteiger partial charge in [-0.3, -0.25) is 14.9 Å². The summed E-state index contributed by atoms with van der Waals surface area (Å²) >= 11 is 8.69. The van der Waals surface area contributed by atoms with Crippen molar-refractivity contribution in [3.63, 3.8) is 0 Å². The molecule has 1 aromatic heterocycles. The van der Waals surface area contributed by atoms with Crippen LogP contribution in [0.1, 0.15) is 32.1 Å². The van der Waals surface area contributed by atoms with Gasteiger partial charge in [0.15, 0.2) is 4.34 Å². The van der Waals surface area contributed by atoms with Crippen LogP contribution >= 0.6 is 34.7 Å². The van der Waals surface area contributed by atoms with E-state index in [1.807, 2.05) is 0 Å². The zero-order valence-corrected chi connectivity index (χ0v) is 16.7. The van der Waals surface area contributed by atoms with E-state index >= 15 is 0 Å². The maximum Gasteiger partial charge on any atom is 0.271 e. The molecule has 0 unspecified atom stereocenters. The Bertz CT molecular complexity index is 826. The molecule has 1 heterocycles. The Morgan fingerprint density at radius 1 is 1.33 bits per heavy atom. The molecule has 11 heteroatoms. The molecule has 0 atom stereocenters. The quantitative estimate of drug-likeness (QED) is 0.378. The molecule has 1 amide bonds. The summed E-state index contributed by atoms with van der Waals surface area (Å²) in [5, 5.41) is 25.9. The highest BCUT2D eigenvalue weighted by atomic mass is 35.5. The van der Waals surface area contributed by atoms with E-state index < -0.39 is 4.92 Å². The largest absolute Gasteiger partial charge is 0.357 e. The number of nitro benzene ring substituents is 1. The first kappa shape index (κ1) is 19.8. The highest BCUT2D eigenvalue weighted by Gasteiger charge is 2.16. The van der Waals surface area contributed by atoms with Crippen LogP contribution in [0.25, 0.3) is 0 Å². The molecule has 1 saturated carbocycles. The molecule has 0 spiro atoms. The molecule has 1 fully saturated rings. The fourth-order valence-electron chi connectivity index (χ4n) is 2.78. The molecule has 0 saturated heterocycles. The van der Waals surface area contributed by atoms with Gasteiger partial charge in [-0.2, -0.15) is 0 Å². The van der Waals surface area contributed by atoms with Gasteiger partial charge in [0.1, 0.15) is 0 Å². The van der Waals surface area contributed by atoms with E-state index in [2.05, 4.69) is 20.8 Å². The van der Waals surface area contributed by atoms with Crippen molar-refractivity contribution in [1.82, 2.24) is 10.2 Å². The fraction of sp³-hybridized carbons (Fsp3) is 0.438. The highest BCUT2D eigenvalue weighted by Crippen LogP contribution is 2.29. The Hall–Kier alpha value is -1.91. The first-order chi connectivity index (χ1) is 13.0. The van der Waals surface area contributed by atoms with Gasteiger partial charge in [0.25, 0.3) is 5.69 Å². The van der Waals surface area contributed by atoms with Crippen LogP contribution < -0.4 is 10.6 Å². The van der Waals surface area contributed by atoms with Gasteiger partial charge in [-0.1, -0.05) is 54.0 Å². The number of carbonyl (C=O) groups is 1. The van der Waals surface area contributed by atoms with Crippen molar-refractivity contribution < 1.29 is 9.72 Å². The van der Waals surface area contributed by atoms with Crippen molar-refractivity contribution >= 4 is 57.1 Å². The van der Waals surface area contributed by atoms with Crippen LogP contribution in [0.4, 0.5) is 16.5 Å². The van der Waals surface area contributed by atoms with Crippen molar-refractivity contribution in [3.8, 4) is 0 Å². The lowest BCUT2D eigenvalue weighted by molar-refractivity contribution is -0.384. The first-order valence-electron chi connectivity index (χ1n) is 8.48. The SMILES string of the molecule is O=C(CSc1nnc(NC2CCCCC2)s1)Nc1ccc([N+](=O)[O-])cc1Cl. The number of benzene rings is 1. The van der Waals surface area contributed by atoms with Gasteiger partial charge in [-0.05, 0) is 18.9 Å². The number of halogens is 1. The second kappa shape index (κ2) is 9.34. The monoisotopic (exact) mass is 427 g/mol. The van der Waals surface area contributed by atoms with Gasteiger partial charge >= 0.3 is 0 Å². The van der Waals surface area contributed by atoms with E-state index in [1.165, 1.54) is 60.6 Å². The molecule has 0 radical (unpaired) electrons. The van der Waals surface area contributed by atoms with E-state index in [-0.39, 0.29) is 22.4 Å². The Labute approximate surface area is 169 Å². The summed E-state index contributed by atoms with van der Waals surface area (Å²) in [6.07, 6.45) is 6.08. The number of nitro groups is 1. The number of non-ortho nitro benzene ring substituents is 1. The predicted molar refractivity (Wildman–Crippen MR) is 108 cm³/mol. The Morgan fingerprint density at radius 3 is 2.81 bits per heavy atom. The summed E-state index contributed by atoms with van der Waals surface area (Å²) in [5.74, 6) is -0.126. The average Bonchev–Trinajstić information content (AvgIpc) is 3.10. The number of rotatable bonds is 7. The zero-order chi connectivity index (χ0) is 19.2. The number of amides is 1. The van der Waals surface area contributed by atoms with Crippen LogP contribution in [0.15, 0.2) is 22.5 Å². The van der Waals surface area contributed by atoms with Crippen LogP contribution in [0.3, 0.4) is 0 Å². The van der Waals surface area contributed by atoms with Gasteiger partial charge in [-0.15, -0.1) is 10.2 Å². The highest BCUT2D eigenvalue weighted by molar-refractivity contribution is 8.01. The van der Waals surface area contributed by atoms with Crippen LogP contribution in [0.2, 0.25) is 5.02 Å². The summed E-state index contributed by atoms with van der Waals surface area (Å²) in [7, 11) is 0. The van der Waals surface area contributed by atoms with Gasteiger partial charge in [0, 0.05) is 18.2 Å². The Balaban J connectivity index is 1.48. The molecule has 27 heavy (non-hydrogen) atoms. The number of thioether (sulfide) groups is 1. The summed E-state index contributed by atoms with van der Waals surface area (Å²) in [6.45, 7) is 0. The van der Waals surface area contributed by atoms with Crippen molar-refractivity contribution in [2.24, 2.45) is 0 Å². The number of hydrogen-bond donors (Lipinski definition) is 2. The van der Waals surface area contributed by atoms with Crippen molar-refractivity contribution in [2.45, 2.75) is 42.5 Å². The molecule has 1 aliphatic carbocycles. The van der Waals surface area contributed by atoms with E-state index in [4.69, 9.17) is 11.6 Å². The molecule has 0 bridgehead atoms. The lowest BCUT2D eigenvalue weighted by atomic mass is 9.96. The summed E-state index contributed by atoms with van der Waals surface area (Å²) in [6, 6.07) is 4.37. The number of hydrogen-bond acceptors (Lipinski definition) is 8. The zero-order valence-electron chi connectivity index (χ0n) is 14.3. The van der Waals surface area contributed by atoms with Crippen LogP contribution in [0, 0.1) is 10.1 Å². The fourth-order valence-corrected chi connectivity index (χ4v) is 4.63. The predicted octanol–water partition coefficient (Wildman–Crippen LogP) is 4.58. The molecule has 3 rings (SSSR count). The molecular weight excluding hydrogens is 410 g/mol. The van der Waals surface area contributed by atoms with E-state index in [0.29, 0.717) is 16.1 Å². The number of nitrogens with one attached hydrogen (secondary N) is 2. The minimum absolute atomic E-state index is 0.123. The molecule has 8 nitrogen and oxygen atoms in total. The lowest BCUT2D eigenvalue weighted by Crippen LogP contribution is -2.21. The minimum Gasteiger partial charge on any atom is -0.357 e. The molecular formula is C16H18ClN5O3S2. The third kappa shape index (κ3) is 5.78. The summed E-state index contributed by atoms with van der Waals surface area (Å²) < 4.78 is 0.707. The van der Waals surface area contributed by atoms with Gasteiger partial charge in [0.05, 0.1) is 21.4 Å². The second-order valence-corrected chi connectivity index (χ2v) is 8.72. The normalized spacial score (nSPS) is 14.7. The summed E-state index contributed by atoms with van der Waals surface area (Å²) in [4.78, 5) is 22.3. The Morgan fingerprint density at radius 2 is 2.11 bits per heavy atom. The van der Waals surface area contributed by atoms with E-state index in [1.54, 1.807) is 0 Å². The van der Waals surface area contributed by atoms with Crippen LogP contribution in [-0.4, -0.2) is 32.8 Å². The standard InChI is InChI=1S/C16H18ClN5O3S2/c17-12-8-11(22(24)25)6-7-13(12)19-14(23)9-26-16-21-20-15(27-16)18-10-4-2-1-3-5-10/h6-8,10H,1-5,9H2,(H,18,20)(H,19,23). The first-order valence-corrected chi connectivity index (χ1v) is 10.7. The Kier molecular flexibility index (Phi) is 6.86. The van der Waals surface area contributed by atoms with Gasteiger partial charge in [-0.25, -0.2) is 0 Å². The second-order valence-electron chi connectivity index (χ2n) is 6.11. The van der Waals surface area contributed by atoms with Gasteiger partial charge < -0.3 is 10.6 Å². The van der Waals surface area contributed by atoms with Crippen molar-refractivity contribution in [2.75, 3.05) is 16.4 Å². The van der Waals surface area contributed by atoms with E-state index in [9.17, 15) is 14.9 Å². The van der Waals surface area contributed by atoms with Crippen LogP contribution in [0.5, 0.6) is 0 Å². The topological polar surface area (TPSA) is 110 Å². The molecule has 1 aromatic carbocycles. The molecule has 2 aromatic rings. The molecule has 0 aliphatic heterocycles. The number of aromatic nitrogens is 2. The summed E-state index contributed by atoms with van der Waals surface area (Å²) in [5.41, 5.74) is 0.212. The smallest absolute Gasteiger partial charge is 0.271 e. The number of nitrogens with zero attached hydrogens (tertiary/aromatic N) is 3. The van der Waals surface area contributed by atoms with Crippen LogP contribution in [-0.2, 0) is 4.79 Å². The number of carbonyl (C=O) groups excluding carboxylic acids is 1. The van der Waals surface area contributed by atoms with E-state index in [0.717, 1.165) is 18.0 Å².